The predicted molar refractivity (Wildman–Crippen MR) is 159 cm³/mol. The van der Waals surface area contributed by atoms with Gasteiger partial charge in [-0.25, -0.2) is 4.39 Å². The fourth-order valence-electron chi connectivity index (χ4n) is 4.62. The molecule has 0 aromatic heterocycles. The maximum absolute atomic E-state index is 14.3. The molecule has 2 amide bonds. The molecule has 1 aliphatic heterocycles. The van der Waals surface area contributed by atoms with Crippen LogP contribution in [0.2, 0.25) is 0 Å². The highest BCUT2D eigenvalue weighted by Gasteiger charge is 2.17. The van der Waals surface area contributed by atoms with Crippen molar-refractivity contribution in [3.63, 3.8) is 0 Å². The van der Waals surface area contributed by atoms with E-state index in [1.165, 1.54) is 12.1 Å². The summed E-state index contributed by atoms with van der Waals surface area (Å²) in [6.07, 6.45) is 0.957. The van der Waals surface area contributed by atoms with Crippen LogP contribution in [0, 0.1) is 5.82 Å². The number of hydrogen-bond acceptors (Lipinski definition) is 7. The van der Waals surface area contributed by atoms with Crippen molar-refractivity contribution in [1.29, 1.82) is 0 Å². The SMILES string of the molecule is CN(C)CCCN(C)c1cccc(C(=O)Nc2cccc(C(=O)Nc3cc(F)cc(N4CCOCC4)c3)c2)c1N. The molecule has 1 fully saturated rings. The van der Waals surface area contributed by atoms with Crippen molar-refractivity contribution >= 4 is 40.3 Å². The number of anilines is 5. The standard InChI is InChI=1S/C30H37FN6O3/c1-35(2)11-6-12-36(3)27-10-5-9-26(28(27)32)30(39)33-23-8-4-7-21(17-23)29(38)34-24-18-22(31)19-25(20-24)37-13-15-40-16-14-37/h4-5,7-10,17-20H,6,11-16,32H2,1-3H3,(H,33,39)(H,34,38). The van der Waals surface area contributed by atoms with E-state index in [2.05, 4.69) is 15.5 Å². The van der Waals surface area contributed by atoms with Crippen molar-refractivity contribution in [2.75, 3.05) is 86.7 Å². The first-order chi connectivity index (χ1) is 19.2. The van der Waals surface area contributed by atoms with Gasteiger partial charge in [-0.05, 0) is 75.6 Å². The average molecular weight is 549 g/mol. The molecule has 212 valence electrons. The van der Waals surface area contributed by atoms with Gasteiger partial charge in [-0.3, -0.25) is 9.59 Å². The number of halogens is 1. The van der Waals surface area contributed by atoms with Crippen LogP contribution in [0.1, 0.15) is 27.1 Å². The summed E-state index contributed by atoms with van der Waals surface area (Å²) in [5.41, 5.74) is 9.71. The summed E-state index contributed by atoms with van der Waals surface area (Å²) in [6, 6.07) is 16.4. The van der Waals surface area contributed by atoms with Crippen LogP contribution >= 0.6 is 0 Å². The Labute approximate surface area is 234 Å². The summed E-state index contributed by atoms with van der Waals surface area (Å²) in [6.45, 7) is 4.18. The molecule has 0 atom stereocenters. The van der Waals surface area contributed by atoms with Crippen LogP contribution in [0.25, 0.3) is 0 Å². The molecule has 4 N–H and O–H groups in total. The van der Waals surface area contributed by atoms with Crippen LogP contribution in [0.3, 0.4) is 0 Å². The quantitative estimate of drug-likeness (QED) is 0.327. The second-order valence-electron chi connectivity index (χ2n) is 10.1. The maximum atomic E-state index is 14.3. The van der Waals surface area contributed by atoms with Crippen LogP contribution < -0.4 is 26.2 Å². The molecular formula is C30H37FN6O3. The number of rotatable bonds is 10. The number of ether oxygens (including phenoxy) is 1. The van der Waals surface area contributed by atoms with Gasteiger partial charge in [-0.2, -0.15) is 0 Å². The smallest absolute Gasteiger partial charge is 0.257 e. The average Bonchev–Trinajstić information content (AvgIpc) is 2.93. The zero-order valence-electron chi connectivity index (χ0n) is 23.2. The van der Waals surface area contributed by atoms with Crippen LogP contribution in [0.5, 0.6) is 0 Å². The molecule has 3 aromatic carbocycles. The van der Waals surface area contributed by atoms with Crippen molar-refractivity contribution in [3.05, 3.63) is 77.6 Å². The molecule has 0 unspecified atom stereocenters. The number of morpholine rings is 1. The number of hydrogen-bond donors (Lipinski definition) is 3. The van der Waals surface area contributed by atoms with E-state index in [9.17, 15) is 14.0 Å². The third kappa shape index (κ3) is 7.49. The van der Waals surface area contributed by atoms with E-state index in [1.807, 2.05) is 37.0 Å². The first-order valence-electron chi connectivity index (χ1n) is 13.3. The van der Waals surface area contributed by atoms with Gasteiger partial charge >= 0.3 is 0 Å². The first-order valence-corrected chi connectivity index (χ1v) is 13.3. The van der Waals surface area contributed by atoms with E-state index >= 15 is 0 Å². The number of benzene rings is 3. The third-order valence-corrected chi connectivity index (χ3v) is 6.74. The monoisotopic (exact) mass is 548 g/mol. The van der Waals surface area contributed by atoms with Gasteiger partial charge in [0.15, 0.2) is 0 Å². The predicted octanol–water partition coefficient (Wildman–Crippen LogP) is 4.14. The highest BCUT2D eigenvalue weighted by molar-refractivity contribution is 6.10. The molecular weight excluding hydrogens is 511 g/mol. The van der Waals surface area contributed by atoms with Gasteiger partial charge in [0, 0.05) is 49.3 Å². The van der Waals surface area contributed by atoms with E-state index in [-0.39, 0.29) is 5.91 Å². The zero-order chi connectivity index (χ0) is 28.6. The number of amides is 2. The number of nitrogen functional groups attached to an aromatic ring is 1. The number of carbonyl (C=O) groups is 2. The van der Waals surface area contributed by atoms with Crippen molar-refractivity contribution < 1.29 is 18.7 Å². The summed E-state index contributed by atoms with van der Waals surface area (Å²) in [5.74, 6) is -1.24. The largest absolute Gasteiger partial charge is 0.396 e. The lowest BCUT2D eigenvalue weighted by Gasteiger charge is -2.29. The van der Waals surface area contributed by atoms with E-state index in [0.717, 1.165) is 25.2 Å². The second kappa shape index (κ2) is 13.3. The number of para-hydroxylation sites is 1. The fourth-order valence-corrected chi connectivity index (χ4v) is 4.62. The molecule has 1 aliphatic rings. The van der Waals surface area contributed by atoms with Crippen LogP contribution in [-0.4, -0.2) is 77.3 Å². The Morgan fingerprint density at radius 3 is 2.40 bits per heavy atom. The number of nitrogens with two attached hydrogens (primary N) is 1. The highest BCUT2D eigenvalue weighted by Crippen LogP contribution is 2.27. The number of carbonyl (C=O) groups excluding carboxylic acids is 2. The van der Waals surface area contributed by atoms with Crippen molar-refractivity contribution in [2.24, 2.45) is 0 Å². The van der Waals surface area contributed by atoms with Crippen LogP contribution in [-0.2, 0) is 4.74 Å². The van der Waals surface area contributed by atoms with Crippen LogP contribution in [0.4, 0.5) is 32.8 Å². The van der Waals surface area contributed by atoms with Crippen molar-refractivity contribution in [3.8, 4) is 0 Å². The molecule has 0 spiro atoms. The normalized spacial score (nSPS) is 13.3. The number of nitrogens with zero attached hydrogens (tertiary/aromatic N) is 3. The van der Waals surface area contributed by atoms with Gasteiger partial charge in [0.2, 0.25) is 0 Å². The Morgan fingerprint density at radius 1 is 0.925 bits per heavy atom. The molecule has 0 aliphatic carbocycles. The van der Waals surface area contributed by atoms with Gasteiger partial charge in [0.25, 0.3) is 11.8 Å². The summed E-state index contributed by atoms with van der Waals surface area (Å²) < 4.78 is 19.7. The van der Waals surface area contributed by atoms with Gasteiger partial charge in [-0.15, -0.1) is 0 Å². The van der Waals surface area contributed by atoms with Crippen LogP contribution in [0.15, 0.2) is 60.7 Å². The Balaban J connectivity index is 1.44. The molecule has 1 heterocycles. The molecule has 1 saturated heterocycles. The Morgan fingerprint density at radius 2 is 1.65 bits per heavy atom. The summed E-state index contributed by atoms with van der Waals surface area (Å²) in [7, 11) is 6.01. The lowest BCUT2D eigenvalue weighted by atomic mass is 10.1. The zero-order valence-corrected chi connectivity index (χ0v) is 23.2. The van der Waals surface area contributed by atoms with Crippen molar-refractivity contribution in [2.45, 2.75) is 6.42 Å². The molecule has 0 saturated carbocycles. The Bertz CT molecular complexity index is 1340. The molecule has 4 rings (SSSR count). The Kier molecular flexibility index (Phi) is 9.57. The minimum atomic E-state index is -0.441. The minimum Gasteiger partial charge on any atom is -0.396 e. The van der Waals surface area contributed by atoms with Gasteiger partial charge in [0.1, 0.15) is 5.82 Å². The van der Waals surface area contributed by atoms with Crippen molar-refractivity contribution in [1.82, 2.24) is 4.90 Å². The molecule has 9 nitrogen and oxygen atoms in total. The van der Waals surface area contributed by atoms with Gasteiger partial charge in [0.05, 0.1) is 30.2 Å². The van der Waals surface area contributed by atoms with E-state index < -0.39 is 11.7 Å². The molecule has 0 radical (unpaired) electrons. The highest BCUT2D eigenvalue weighted by atomic mass is 19.1. The lowest BCUT2D eigenvalue weighted by Crippen LogP contribution is -2.36. The maximum Gasteiger partial charge on any atom is 0.257 e. The minimum absolute atomic E-state index is 0.317. The number of nitrogens with one attached hydrogen (secondary N) is 2. The Hall–Kier alpha value is -4.15. The summed E-state index contributed by atoms with van der Waals surface area (Å²) in [5, 5.41) is 5.61. The summed E-state index contributed by atoms with van der Waals surface area (Å²) in [4.78, 5) is 32.3. The molecule has 0 bridgehead atoms. The van der Waals surface area contributed by atoms with Gasteiger partial charge < -0.3 is 35.8 Å². The fraction of sp³-hybridized carbons (Fsp3) is 0.333. The molecule has 40 heavy (non-hydrogen) atoms. The lowest BCUT2D eigenvalue weighted by molar-refractivity contribution is 0.101. The summed E-state index contributed by atoms with van der Waals surface area (Å²) >= 11 is 0. The molecule has 10 heteroatoms. The van der Waals surface area contributed by atoms with Gasteiger partial charge in [-0.1, -0.05) is 12.1 Å². The first kappa shape index (κ1) is 28.8. The van der Waals surface area contributed by atoms with E-state index in [0.29, 0.717) is 60.2 Å². The van der Waals surface area contributed by atoms with E-state index in [4.69, 9.17) is 10.5 Å². The third-order valence-electron chi connectivity index (χ3n) is 6.74. The van der Waals surface area contributed by atoms with E-state index in [1.54, 1.807) is 42.5 Å². The topological polar surface area (TPSA) is 103 Å². The molecule has 3 aromatic rings. The second-order valence-corrected chi connectivity index (χ2v) is 10.1.